The van der Waals surface area contributed by atoms with Crippen LogP contribution in [-0.4, -0.2) is 35.3 Å². The van der Waals surface area contributed by atoms with Crippen LogP contribution >= 0.6 is 11.3 Å². The lowest BCUT2D eigenvalue weighted by Crippen LogP contribution is -2.22. The van der Waals surface area contributed by atoms with Crippen molar-refractivity contribution in [2.24, 2.45) is 5.14 Å². The van der Waals surface area contributed by atoms with Crippen LogP contribution in [0.15, 0.2) is 36.5 Å². The van der Waals surface area contributed by atoms with E-state index >= 15 is 0 Å². The van der Waals surface area contributed by atoms with Gasteiger partial charge in [-0.3, -0.25) is 0 Å². The second-order valence-electron chi connectivity index (χ2n) is 4.42. The molecule has 0 aliphatic rings. The molecule has 2 heterocycles. The summed E-state index contributed by atoms with van der Waals surface area (Å²) in [5.41, 5.74) is 1.88. The summed E-state index contributed by atoms with van der Waals surface area (Å²) >= 11 is 1.36. The van der Waals surface area contributed by atoms with Gasteiger partial charge in [-0.15, -0.1) is 5.10 Å². The van der Waals surface area contributed by atoms with Gasteiger partial charge in [0.15, 0.2) is 0 Å². The summed E-state index contributed by atoms with van der Waals surface area (Å²) in [6.07, 6.45) is 1.84. The minimum Gasteiger partial charge on any atom is -0.359 e. The maximum absolute atomic E-state index is 10.8. The molecule has 1 aromatic carbocycles. The van der Waals surface area contributed by atoms with Gasteiger partial charge in [-0.25, -0.2) is 23.1 Å². The molecule has 0 bridgehead atoms. The first-order valence-corrected chi connectivity index (χ1v) is 8.70. The zero-order valence-electron chi connectivity index (χ0n) is 10.9. The van der Waals surface area contributed by atoms with Gasteiger partial charge in [0.1, 0.15) is 0 Å². The molecule has 0 aliphatic carbocycles. The average molecular weight is 323 g/mol. The van der Waals surface area contributed by atoms with Crippen molar-refractivity contribution in [3.05, 3.63) is 36.5 Å². The Hall–Kier alpha value is -1.97. The second kappa shape index (κ2) is 5.43. The summed E-state index contributed by atoms with van der Waals surface area (Å²) in [6, 6.07) is 9.83. The van der Waals surface area contributed by atoms with Gasteiger partial charge in [0, 0.05) is 12.1 Å². The molecule has 21 heavy (non-hydrogen) atoms. The molecular formula is C12H13N5O2S2. The lowest BCUT2D eigenvalue weighted by atomic mass is 10.2. The Morgan fingerprint density at radius 1 is 1.29 bits per heavy atom. The third kappa shape index (κ3) is 3.38. The first kappa shape index (κ1) is 14.0. The molecule has 0 radical (unpaired) electrons. The highest BCUT2D eigenvalue weighted by Crippen LogP contribution is 2.24. The van der Waals surface area contributed by atoms with E-state index in [1.165, 1.54) is 11.3 Å². The van der Waals surface area contributed by atoms with Gasteiger partial charge >= 0.3 is 0 Å². The lowest BCUT2D eigenvalue weighted by Gasteiger charge is -1.99. The number of aromatic nitrogens is 3. The van der Waals surface area contributed by atoms with Crippen molar-refractivity contribution in [1.82, 2.24) is 14.6 Å². The molecule has 2 aromatic heterocycles. The Morgan fingerprint density at radius 2 is 2.05 bits per heavy atom. The van der Waals surface area contributed by atoms with Crippen molar-refractivity contribution < 1.29 is 8.42 Å². The van der Waals surface area contributed by atoms with Crippen LogP contribution in [0.1, 0.15) is 0 Å². The Balaban J connectivity index is 1.76. The molecule has 0 fully saturated rings. The van der Waals surface area contributed by atoms with Gasteiger partial charge in [0.2, 0.25) is 20.1 Å². The largest absolute Gasteiger partial charge is 0.359 e. The van der Waals surface area contributed by atoms with Crippen LogP contribution in [-0.2, 0) is 10.0 Å². The van der Waals surface area contributed by atoms with Gasteiger partial charge < -0.3 is 5.32 Å². The number of hydrogen-bond acceptors (Lipinski definition) is 6. The molecule has 0 atom stereocenters. The molecule has 7 nitrogen and oxygen atoms in total. The SMILES string of the molecule is NS(=O)(=O)CCNc1nn2cc(-c3ccccc3)nc2s1. The zero-order chi connectivity index (χ0) is 14.9. The Bertz CT molecular complexity index is 823. The predicted molar refractivity (Wildman–Crippen MR) is 82.8 cm³/mol. The third-order valence-corrected chi connectivity index (χ3v) is 4.43. The minimum absolute atomic E-state index is 0.135. The lowest BCUT2D eigenvalue weighted by molar-refractivity contribution is 0.598. The van der Waals surface area contributed by atoms with Gasteiger partial charge in [-0.2, -0.15) is 0 Å². The fraction of sp³-hybridized carbons (Fsp3) is 0.167. The molecule has 3 rings (SSSR count). The van der Waals surface area contributed by atoms with E-state index in [1.807, 2.05) is 36.5 Å². The molecule has 0 amide bonds. The average Bonchev–Trinajstić information content (AvgIpc) is 2.96. The second-order valence-corrected chi connectivity index (χ2v) is 7.11. The molecule has 0 saturated carbocycles. The van der Waals surface area contributed by atoms with Crippen LogP contribution in [0, 0.1) is 0 Å². The highest BCUT2D eigenvalue weighted by molar-refractivity contribution is 7.89. The fourth-order valence-corrected chi connectivity index (χ4v) is 3.01. The molecule has 110 valence electrons. The van der Waals surface area contributed by atoms with Gasteiger partial charge in [-0.1, -0.05) is 41.7 Å². The van der Waals surface area contributed by atoms with E-state index in [-0.39, 0.29) is 12.3 Å². The molecule has 3 N–H and O–H groups in total. The van der Waals surface area contributed by atoms with Crippen LogP contribution in [0.4, 0.5) is 5.13 Å². The van der Waals surface area contributed by atoms with Crippen molar-refractivity contribution >= 4 is 31.5 Å². The number of anilines is 1. The molecular weight excluding hydrogens is 310 g/mol. The normalized spacial score (nSPS) is 11.9. The predicted octanol–water partition coefficient (Wildman–Crippen LogP) is 1.16. The van der Waals surface area contributed by atoms with Crippen molar-refractivity contribution in [2.45, 2.75) is 0 Å². The maximum atomic E-state index is 10.8. The number of sulfonamides is 1. The number of nitrogens with two attached hydrogens (primary N) is 1. The Morgan fingerprint density at radius 3 is 2.71 bits per heavy atom. The minimum atomic E-state index is -3.46. The van der Waals surface area contributed by atoms with E-state index in [4.69, 9.17) is 5.14 Å². The highest BCUT2D eigenvalue weighted by Gasteiger charge is 2.10. The number of hydrogen-bond donors (Lipinski definition) is 2. The molecule has 0 aliphatic heterocycles. The third-order valence-electron chi connectivity index (χ3n) is 2.78. The Labute approximate surface area is 125 Å². The van der Waals surface area contributed by atoms with Crippen molar-refractivity contribution in [1.29, 1.82) is 0 Å². The van der Waals surface area contributed by atoms with E-state index in [1.54, 1.807) is 4.52 Å². The van der Waals surface area contributed by atoms with Crippen molar-refractivity contribution in [3.8, 4) is 11.3 Å². The van der Waals surface area contributed by atoms with Crippen LogP contribution < -0.4 is 10.5 Å². The van der Waals surface area contributed by atoms with E-state index in [0.717, 1.165) is 16.2 Å². The topological polar surface area (TPSA) is 102 Å². The van der Waals surface area contributed by atoms with Crippen LogP contribution in [0.2, 0.25) is 0 Å². The molecule has 0 saturated heterocycles. The molecule has 9 heteroatoms. The number of nitrogens with zero attached hydrogens (tertiary/aromatic N) is 3. The number of nitrogens with one attached hydrogen (secondary N) is 1. The summed E-state index contributed by atoms with van der Waals surface area (Å²) < 4.78 is 23.4. The van der Waals surface area contributed by atoms with Gasteiger partial charge in [-0.05, 0) is 0 Å². The van der Waals surface area contributed by atoms with Gasteiger partial charge in [0.25, 0.3) is 0 Å². The molecule has 0 unspecified atom stereocenters. The molecule has 0 spiro atoms. The quantitative estimate of drug-likeness (QED) is 0.733. The standard InChI is InChI=1S/C12H13N5O2S2/c13-21(18,19)7-6-14-11-16-17-8-10(15-12(17)20-11)9-4-2-1-3-5-9/h1-5,8H,6-7H2,(H,14,16)(H2,13,18,19). The van der Waals surface area contributed by atoms with E-state index in [9.17, 15) is 8.42 Å². The number of imidazole rings is 1. The monoisotopic (exact) mass is 323 g/mol. The number of primary sulfonamides is 1. The molecule has 3 aromatic rings. The van der Waals surface area contributed by atoms with E-state index < -0.39 is 10.0 Å². The summed E-state index contributed by atoms with van der Waals surface area (Å²) in [6.45, 7) is 0.223. The smallest absolute Gasteiger partial charge is 0.214 e. The summed E-state index contributed by atoms with van der Waals surface area (Å²) in [5, 5.41) is 12.8. The first-order chi connectivity index (χ1) is 10.0. The van der Waals surface area contributed by atoms with E-state index in [2.05, 4.69) is 15.4 Å². The van der Waals surface area contributed by atoms with E-state index in [0.29, 0.717) is 5.13 Å². The fourth-order valence-electron chi connectivity index (χ4n) is 1.82. The number of fused-ring (bicyclic) bond motifs is 1. The summed E-state index contributed by atoms with van der Waals surface area (Å²) in [4.78, 5) is 5.24. The highest BCUT2D eigenvalue weighted by atomic mass is 32.2. The number of benzene rings is 1. The van der Waals surface area contributed by atoms with Crippen molar-refractivity contribution in [2.75, 3.05) is 17.6 Å². The first-order valence-electron chi connectivity index (χ1n) is 6.17. The van der Waals surface area contributed by atoms with Crippen LogP contribution in [0.25, 0.3) is 16.2 Å². The maximum Gasteiger partial charge on any atom is 0.214 e. The van der Waals surface area contributed by atoms with Gasteiger partial charge in [0.05, 0.1) is 17.6 Å². The summed E-state index contributed by atoms with van der Waals surface area (Å²) in [5.74, 6) is -0.135. The van der Waals surface area contributed by atoms with Crippen LogP contribution in [0.5, 0.6) is 0 Å². The zero-order valence-corrected chi connectivity index (χ0v) is 12.6. The van der Waals surface area contributed by atoms with Crippen LogP contribution in [0.3, 0.4) is 0 Å². The summed E-state index contributed by atoms with van der Waals surface area (Å²) in [7, 11) is -3.46. The Kier molecular flexibility index (Phi) is 3.62. The van der Waals surface area contributed by atoms with Crippen molar-refractivity contribution in [3.63, 3.8) is 0 Å². The number of rotatable bonds is 5.